The Morgan fingerprint density at radius 3 is 2.67 bits per heavy atom. The zero-order valence-corrected chi connectivity index (χ0v) is 14.6. The van der Waals surface area contributed by atoms with Crippen LogP contribution in [0.25, 0.3) is 0 Å². The summed E-state index contributed by atoms with van der Waals surface area (Å²) in [4.78, 5) is 22.3. The molecule has 2 aromatic carbocycles. The Morgan fingerprint density at radius 1 is 1.26 bits per heavy atom. The molecule has 0 radical (unpaired) electrons. The van der Waals surface area contributed by atoms with Crippen molar-refractivity contribution in [2.45, 2.75) is 6.42 Å². The van der Waals surface area contributed by atoms with Crippen LogP contribution >= 0.6 is 11.6 Å². The molecule has 1 amide bonds. The second-order valence-corrected chi connectivity index (χ2v) is 5.94. The maximum atomic E-state index is 13.3. The number of nitro groups is 1. The molecule has 1 aliphatic rings. The first-order valence-corrected chi connectivity index (χ1v) is 8.27. The van der Waals surface area contributed by atoms with E-state index in [0.717, 1.165) is 18.2 Å². The van der Waals surface area contributed by atoms with Gasteiger partial charge in [0, 0.05) is 30.7 Å². The topological polar surface area (TPSA) is 99.9 Å². The number of nitrogens with zero attached hydrogens (tertiary/aromatic N) is 1. The average Bonchev–Trinajstić information content (AvgIpc) is 2.85. The van der Waals surface area contributed by atoms with Gasteiger partial charge in [0.05, 0.1) is 28.8 Å². The molecule has 1 heterocycles. The van der Waals surface area contributed by atoms with Gasteiger partial charge in [-0.2, -0.15) is 0 Å². The molecule has 3 rings (SSSR count). The van der Waals surface area contributed by atoms with Crippen LogP contribution in [0.2, 0.25) is 5.02 Å². The van der Waals surface area contributed by atoms with Crippen molar-refractivity contribution >= 4 is 28.9 Å². The number of rotatable bonds is 5. The number of amides is 1. The zero-order chi connectivity index (χ0) is 19.4. The van der Waals surface area contributed by atoms with Crippen molar-refractivity contribution < 1.29 is 28.3 Å². The molecule has 0 spiro atoms. The molecule has 10 heteroatoms. The first kappa shape index (κ1) is 18.7. The summed E-state index contributed by atoms with van der Waals surface area (Å²) in [5.41, 5.74) is -0.180. The minimum Gasteiger partial charge on any atom is -0.490 e. The largest absolute Gasteiger partial charge is 0.490 e. The van der Waals surface area contributed by atoms with Crippen molar-refractivity contribution in [3.05, 3.63) is 51.3 Å². The average molecular weight is 397 g/mol. The molecule has 0 aromatic heterocycles. The number of halogens is 2. The molecule has 0 saturated carbocycles. The summed E-state index contributed by atoms with van der Waals surface area (Å²) >= 11 is 6.13. The number of hydrogen-bond donors (Lipinski definition) is 1. The van der Waals surface area contributed by atoms with Crippen LogP contribution in [0.5, 0.6) is 17.2 Å². The number of benzene rings is 2. The number of nitrogens with one attached hydrogen (secondary N) is 1. The Hall–Kier alpha value is -3.07. The Balaban J connectivity index is 1.69. The number of ether oxygens (including phenoxy) is 3. The fraction of sp³-hybridized carbons (Fsp3) is 0.235. The van der Waals surface area contributed by atoms with Crippen LogP contribution in [-0.2, 0) is 4.79 Å². The van der Waals surface area contributed by atoms with Crippen molar-refractivity contribution in [1.82, 2.24) is 0 Å². The van der Waals surface area contributed by atoms with Gasteiger partial charge >= 0.3 is 5.69 Å². The highest BCUT2D eigenvalue weighted by Gasteiger charge is 2.19. The summed E-state index contributed by atoms with van der Waals surface area (Å²) in [7, 11) is 0. The monoisotopic (exact) mass is 396 g/mol. The standard InChI is InChI=1S/C17H14ClFN2O6/c18-11-7-15-16(26-5-1-4-25-15)8-12(11)20-17(22)9-27-14-6-10(19)2-3-13(14)21(23)24/h2-3,6-8H,1,4-5,9H2,(H,20,22). The van der Waals surface area contributed by atoms with Crippen LogP contribution in [0.1, 0.15) is 6.42 Å². The zero-order valence-electron chi connectivity index (χ0n) is 13.9. The van der Waals surface area contributed by atoms with E-state index in [9.17, 15) is 19.3 Å². The molecule has 8 nitrogen and oxygen atoms in total. The number of hydrogen-bond acceptors (Lipinski definition) is 6. The summed E-state index contributed by atoms with van der Waals surface area (Å²) < 4.78 is 29.4. The Labute approximate surface area is 157 Å². The van der Waals surface area contributed by atoms with Gasteiger partial charge in [0.2, 0.25) is 5.75 Å². The smallest absolute Gasteiger partial charge is 0.311 e. The lowest BCUT2D eigenvalue weighted by Gasteiger charge is -2.13. The molecule has 0 saturated heterocycles. The van der Waals surface area contributed by atoms with Gasteiger partial charge in [-0.05, 0) is 6.07 Å². The second-order valence-electron chi connectivity index (χ2n) is 5.54. The number of anilines is 1. The van der Waals surface area contributed by atoms with E-state index in [0.29, 0.717) is 31.1 Å². The lowest BCUT2D eigenvalue weighted by atomic mass is 10.2. The summed E-state index contributed by atoms with van der Waals surface area (Å²) in [6, 6.07) is 5.78. The van der Waals surface area contributed by atoms with E-state index in [-0.39, 0.29) is 16.5 Å². The Bertz CT molecular complexity index is 892. The van der Waals surface area contributed by atoms with Gasteiger partial charge in [0.25, 0.3) is 5.91 Å². The van der Waals surface area contributed by atoms with Crippen molar-refractivity contribution in [2.24, 2.45) is 0 Å². The predicted octanol–water partition coefficient (Wildman–Crippen LogP) is 3.57. The van der Waals surface area contributed by atoms with E-state index >= 15 is 0 Å². The van der Waals surface area contributed by atoms with Crippen molar-refractivity contribution in [2.75, 3.05) is 25.1 Å². The maximum Gasteiger partial charge on any atom is 0.311 e. The molecule has 1 N–H and O–H groups in total. The van der Waals surface area contributed by atoms with Crippen LogP contribution in [0.3, 0.4) is 0 Å². The Kier molecular flexibility index (Phi) is 5.60. The van der Waals surface area contributed by atoms with Gasteiger partial charge in [0.15, 0.2) is 18.1 Å². The van der Waals surface area contributed by atoms with E-state index < -0.39 is 28.9 Å². The van der Waals surface area contributed by atoms with E-state index in [1.807, 2.05) is 0 Å². The molecule has 0 fully saturated rings. The van der Waals surface area contributed by atoms with Crippen LogP contribution in [0, 0.1) is 15.9 Å². The predicted molar refractivity (Wildman–Crippen MR) is 94.2 cm³/mol. The highest BCUT2D eigenvalue weighted by molar-refractivity contribution is 6.34. The third kappa shape index (κ3) is 4.56. The van der Waals surface area contributed by atoms with E-state index in [1.165, 1.54) is 12.1 Å². The third-order valence-corrected chi connectivity index (χ3v) is 3.90. The van der Waals surface area contributed by atoms with Crippen LogP contribution in [-0.4, -0.2) is 30.7 Å². The number of carbonyl (C=O) groups is 1. The molecule has 0 aliphatic carbocycles. The van der Waals surface area contributed by atoms with Crippen LogP contribution < -0.4 is 19.5 Å². The molecule has 1 aliphatic heterocycles. The molecule has 0 bridgehead atoms. The summed E-state index contributed by atoms with van der Waals surface area (Å²) in [6.45, 7) is 0.388. The highest BCUT2D eigenvalue weighted by atomic mass is 35.5. The summed E-state index contributed by atoms with van der Waals surface area (Å²) in [5, 5.41) is 13.7. The third-order valence-electron chi connectivity index (χ3n) is 3.59. The molecule has 2 aromatic rings. The fourth-order valence-corrected chi connectivity index (χ4v) is 2.56. The Morgan fingerprint density at radius 2 is 1.96 bits per heavy atom. The normalized spacial score (nSPS) is 12.8. The molecule has 142 valence electrons. The SMILES string of the molecule is O=C(COc1cc(F)ccc1[N+](=O)[O-])Nc1cc2c(cc1Cl)OCCCO2. The number of fused-ring (bicyclic) bond motifs is 1. The van der Waals surface area contributed by atoms with Gasteiger partial charge < -0.3 is 19.5 Å². The fourth-order valence-electron chi connectivity index (χ4n) is 2.36. The van der Waals surface area contributed by atoms with Crippen molar-refractivity contribution in [3.8, 4) is 17.2 Å². The molecular weight excluding hydrogens is 383 g/mol. The summed E-state index contributed by atoms with van der Waals surface area (Å²) in [5.74, 6) is -0.789. The molecular formula is C17H14ClFN2O6. The van der Waals surface area contributed by atoms with Gasteiger partial charge in [-0.3, -0.25) is 14.9 Å². The first-order valence-electron chi connectivity index (χ1n) is 7.90. The molecule has 27 heavy (non-hydrogen) atoms. The van der Waals surface area contributed by atoms with E-state index in [4.69, 9.17) is 25.8 Å². The first-order chi connectivity index (χ1) is 12.9. The van der Waals surface area contributed by atoms with Gasteiger partial charge in [-0.25, -0.2) is 4.39 Å². The molecule has 0 atom stereocenters. The van der Waals surface area contributed by atoms with Crippen molar-refractivity contribution in [1.29, 1.82) is 0 Å². The van der Waals surface area contributed by atoms with Crippen LogP contribution in [0.15, 0.2) is 30.3 Å². The van der Waals surface area contributed by atoms with Crippen molar-refractivity contribution in [3.63, 3.8) is 0 Å². The number of nitro benzene ring substituents is 1. The van der Waals surface area contributed by atoms with E-state index in [1.54, 1.807) is 0 Å². The van der Waals surface area contributed by atoms with Gasteiger partial charge in [-0.1, -0.05) is 11.6 Å². The maximum absolute atomic E-state index is 13.3. The van der Waals surface area contributed by atoms with E-state index in [2.05, 4.69) is 5.32 Å². The highest BCUT2D eigenvalue weighted by Crippen LogP contribution is 2.37. The minimum absolute atomic E-state index is 0.226. The number of carbonyl (C=O) groups excluding carboxylic acids is 1. The lowest BCUT2D eigenvalue weighted by molar-refractivity contribution is -0.385. The summed E-state index contributed by atoms with van der Waals surface area (Å²) in [6.07, 6.45) is 0.717. The molecule has 0 unspecified atom stereocenters. The lowest BCUT2D eigenvalue weighted by Crippen LogP contribution is -2.20. The van der Waals surface area contributed by atoms with Gasteiger partial charge in [0.1, 0.15) is 5.82 Å². The van der Waals surface area contributed by atoms with Crippen LogP contribution in [0.4, 0.5) is 15.8 Å². The quantitative estimate of drug-likeness (QED) is 0.612. The minimum atomic E-state index is -0.729. The van der Waals surface area contributed by atoms with Gasteiger partial charge in [-0.15, -0.1) is 0 Å². The second kappa shape index (κ2) is 8.09.